The summed E-state index contributed by atoms with van der Waals surface area (Å²) in [7, 11) is 0. The summed E-state index contributed by atoms with van der Waals surface area (Å²) < 4.78 is 5.93. The normalized spacial score (nSPS) is 10.2. The van der Waals surface area contributed by atoms with E-state index < -0.39 is 0 Å². The molecule has 4 nitrogen and oxygen atoms in total. The van der Waals surface area contributed by atoms with Crippen molar-refractivity contribution in [1.82, 2.24) is 0 Å². The number of carbonyl (C=O) groups excluding carboxylic acids is 2. The molecule has 0 spiro atoms. The number of carbonyl (C=O) groups is 2. The van der Waals surface area contributed by atoms with Crippen molar-refractivity contribution in [2.45, 2.75) is 26.2 Å². The van der Waals surface area contributed by atoms with Gasteiger partial charge in [0.1, 0.15) is 0 Å². The fourth-order valence-electron chi connectivity index (χ4n) is 2.13. The van der Waals surface area contributed by atoms with Crippen LogP contribution < -0.4 is 5.32 Å². The number of anilines is 1. The molecule has 2 aromatic carbocycles. The molecule has 0 aliphatic carbocycles. The number of hydrogen-bond donors (Lipinski definition) is 1. The van der Waals surface area contributed by atoms with Gasteiger partial charge in [0, 0.05) is 10.2 Å². The van der Waals surface area contributed by atoms with Crippen LogP contribution in [0.15, 0.2) is 53.0 Å². The Balaban J connectivity index is 1.93. The van der Waals surface area contributed by atoms with Crippen LogP contribution in [0.1, 0.15) is 46.9 Å². The van der Waals surface area contributed by atoms with Crippen LogP contribution >= 0.6 is 15.9 Å². The summed E-state index contributed by atoms with van der Waals surface area (Å²) in [5.41, 5.74) is 1.65. The zero-order valence-electron chi connectivity index (χ0n) is 13.5. The molecule has 24 heavy (non-hydrogen) atoms. The van der Waals surface area contributed by atoms with E-state index in [4.69, 9.17) is 4.74 Å². The molecule has 0 bridgehead atoms. The Morgan fingerprint density at radius 2 is 1.75 bits per heavy atom. The lowest BCUT2D eigenvalue weighted by Gasteiger charge is -2.08. The van der Waals surface area contributed by atoms with Crippen LogP contribution in [0.4, 0.5) is 5.69 Å². The van der Waals surface area contributed by atoms with Gasteiger partial charge >= 0.3 is 5.97 Å². The van der Waals surface area contributed by atoms with Crippen molar-refractivity contribution >= 4 is 33.5 Å². The highest BCUT2D eigenvalue weighted by Gasteiger charge is 2.11. The first-order valence-corrected chi connectivity index (χ1v) is 8.74. The predicted octanol–water partition coefficient (Wildman–Crippen LogP) is 5.05. The van der Waals surface area contributed by atoms with E-state index in [1.54, 1.807) is 36.4 Å². The van der Waals surface area contributed by atoms with Crippen LogP contribution in [-0.4, -0.2) is 18.5 Å². The third-order valence-electron chi connectivity index (χ3n) is 3.48. The molecule has 0 heterocycles. The van der Waals surface area contributed by atoms with Gasteiger partial charge < -0.3 is 10.1 Å². The second kappa shape index (κ2) is 9.23. The Labute approximate surface area is 150 Å². The summed E-state index contributed by atoms with van der Waals surface area (Å²) in [6, 6.07) is 13.9. The summed E-state index contributed by atoms with van der Waals surface area (Å²) in [6.07, 6.45) is 3.01. The molecular formula is C19H20BrNO3. The van der Waals surface area contributed by atoms with Crippen molar-refractivity contribution in [2.24, 2.45) is 0 Å². The molecule has 5 heteroatoms. The highest BCUT2D eigenvalue weighted by atomic mass is 79.9. The third-order valence-corrected chi connectivity index (χ3v) is 4.17. The molecule has 0 saturated carbocycles. The van der Waals surface area contributed by atoms with E-state index in [1.165, 1.54) is 0 Å². The third kappa shape index (κ3) is 5.20. The molecular weight excluding hydrogens is 370 g/mol. The van der Waals surface area contributed by atoms with Gasteiger partial charge in [-0.2, -0.15) is 0 Å². The van der Waals surface area contributed by atoms with Crippen molar-refractivity contribution in [1.29, 1.82) is 0 Å². The number of rotatable bonds is 7. The lowest BCUT2D eigenvalue weighted by atomic mass is 10.2. The Bertz CT molecular complexity index is 698. The monoisotopic (exact) mass is 389 g/mol. The number of nitrogens with one attached hydrogen (secondary N) is 1. The maximum absolute atomic E-state index is 12.2. The lowest BCUT2D eigenvalue weighted by Crippen LogP contribution is -2.13. The second-order valence-corrected chi connectivity index (χ2v) is 6.21. The Morgan fingerprint density at radius 1 is 1.04 bits per heavy atom. The molecule has 0 aliphatic heterocycles. The average molecular weight is 390 g/mol. The second-order valence-electron chi connectivity index (χ2n) is 5.35. The average Bonchev–Trinajstić information content (AvgIpc) is 2.59. The number of benzene rings is 2. The molecule has 0 fully saturated rings. The van der Waals surface area contributed by atoms with Gasteiger partial charge in [-0.15, -0.1) is 0 Å². The number of amides is 1. The topological polar surface area (TPSA) is 55.4 Å². The van der Waals surface area contributed by atoms with Crippen molar-refractivity contribution in [3.63, 3.8) is 0 Å². The van der Waals surface area contributed by atoms with Gasteiger partial charge in [0.25, 0.3) is 5.91 Å². The van der Waals surface area contributed by atoms with Gasteiger partial charge in [-0.25, -0.2) is 4.79 Å². The van der Waals surface area contributed by atoms with E-state index in [2.05, 4.69) is 28.2 Å². The number of halogens is 1. The minimum Gasteiger partial charge on any atom is -0.462 e. The molecule has 0 unspecified atom stereocenters. The quantitative estimate of drug-likeness (QED) is 0.532. The fraction of sp³-hybridized carbons (Fsp3) is 0.263. The molecule has 2 rings (SSSR count). The van der Waals surface area contributed by atoms with Gasteiger partial charge in [0.2, 0.25) is 0 Å². The smallest absolute Gasteiger partial charge is 0.338 e. The minimum atomic E-state index is -0.338. The molecule has 0 saturated heterocycles. The van der Waals surface area contributed by atoms with E-state index in [9.17, 15) is 9.59 Å². The summed E-state index contributed by atoms with van der Waals surface area (Å²) in [6.45, 7) is 2.54. The van der Waals surface area contributed by atoms with Crippen molar-refractivity contribution < 1.29 is 14.3 Å². The largest absolute Gasteiger partial charge is 0.462 e. The summed E-state index contributed by atoms with van der Waals surface area (Å²) in [5.74, 6) is -0.549. The first-order chi connectivity index (χ1) is 11.6. The summed E-state index contributed by atoms with van der Waals surface area (Å²) in [4.78, 5) is 24.1. The summed E-state index contributed by atoms with van der Waals surface area (Å²) >= 11 is 3.35. The lowest BCUT2D eigenvalue weighted by molar-refractivity contribution is 0.0498. The first kappa shape index (κ1) is 18.2. The SMILES string of the molecule is CCCCCOC(=O)c1ccc(NC(=O)c2ccccc2Br)cc1. The van der Waals surface area contributed by atoms with E-state index in [0.29, 0.717) is 23.4 Å². The van der Waals surface area contributed by atoms with Crippen molar-refractivity contribution in [2.75, 3.05) is 11.9 Å². The van der Waals surface area contributed by atoms with Crippen LogP contribution in [0.25, 0.3) is 0 Å². The standard InChI is InChI=1S/C19H20BrNO3/c1-2-3-6-13-24-19(23)14-9-11-15(12-10-14)21-18(22)16-7-4-5-8-17(16)20/h4-5,7-12H,2-3,6,13H2,1H3,(H,21,22). The van der Waals surface area contributed by atoms with Crippen LogP contribution in [-0.2, 0) is 4.74 Å². The maximum atomic E-state index is 12.2. The molecule has 1 N–H and O–H groups in total. The van der Waals surface area contributed by atoms with Crippen molar-refractivity contribution in [3.8, 4) is 0 Å². The zero-order chi connectivity index (χ0) is 17.4. The molecule has 126 valence electrons. The van der Waals surface area contributed by atoms with Crippen molar-refractivity contribution in [3.05, 3.63) is 64.1 Å². The van der Waals surface area contributed by atoms with Gasteiger partial charge in [-0.1, -0.05) is 31.9 Å². The number of unbranched alkanes of at least 4 members (excludes halogenated alkanes) is 2. The number of hydrogen-bond acceptors (Lipinski definition) is 3. The Hall–Kier alpha value is -2.14. The molecule has 1 amide bonds. The minimum absolute atomic E-state index is 0.211. The zero-order valence-corrected chi connectivity index (χ0v) is 15.1. The molecule has 2 aromatic rings. The van der Waals surface area contributed by atoms with Gasteiger partial charge in [-0.3, -0.25) is 4.79 Å². The van der Waals surface area contributed by atoms with E-state index in [-0.39, 0.29) is 11.9 Å². The molecule has 0 atom stereocenters. The first-order valence-electron chi connectivity index (χ1n) is 7.95. The van der Waals surface area contributed by atoms with Crippen LogP contribution in [0, 0.1) is 0 Å². The highest BCUT2D eigenvalue weighted by molar-refractivity contribution is 9.10. The Morgan fingerprint density at radius 3 is 2.42 bits per heavy atom. The molecule has 0 aliphatic rings. The molecule has 0 aromatic heterocycles. The summed E-state index contributed by atoms with van der Waals surface area (Å²) in [5, 5.41) is 2.80. The van der Waals surface area contributed by atoms with Crippen LogP contribution in [0.3, 0.4) is 0 Å². The highest BCUT2D eigenvalue weighted by Crippen LogP contribution is 2.18. The predicted molar refractivity (Wildman–Crippen MR) is 98.3 cm³/mol. The van der Waals surface area contributed by atoms with Crippen LogP contribution in [0.2, 0.25) is 0 Å². The molecule has 0 radical (unpaired) electrons. The number of ether oxygens (including phenoxy) is 1. The maximum Gasteiger partial charge on any atom is 0.338 e. The van der Waals surface area contributed by atoms with Gasteiger partial charge in [-0.05, 0) is 58.7 Å². The number of esters is 1. The van der Waals surface area contributed by atoms with Gasteiger partial charge in [0.05, 0.1) is 17.7 Å². The van der Waals surface area contributed by atoms with Gasteiger partial charge in [0.15, 0.2) is 0 Å². The van der Waals surface area contributed by atoms with E-state index >= 15 is 0 Å². The van der Waals surface area contributed by atoms with Crippen LogP contribution in [0.5, 0.6) is 0 Å². The Kier molecular flexibility index (Phi) is 7.00. The van der Waals surface area contributed by atoms with E-state index in [0.717, 1.165) is 23.7 Å². The fourth-order valence-corrected chi connectivity index (χ4v) is 2.60. The van der Waals surface area contributed by atoms with E-state index in [1.807, 2.05) is 12.1 Å².